The fourth-order valence-corrected chi connectivity index (χ4v) is 6.99. The molecule has 2 aliphatic heterocycles. The van der Waals surface area contributed by atoms with Crippen molar-refractivity contribution in [3.05, 3.63) is 29.8 Å². The molecule has 28 heavy (non-hydrogen) atoms. The summed E-state index contributed by atoms with van der Waals surface area (Å²) in [5.74, 6) is 1.87. The molecule has 5 atom stereocenters. The van der Waals surface area contributed by atoms with Crippen LogP contribution in [-0.4, -0.2) is 33.6 Å². The summed E-state index contributed by atoms with van der Waals surface area (Å²) >= 11 is 0. The van der Waals surface area contributed by atoms with Crippen molar-refractivity contribution in [1.29, 1.82) is 0 Å². The lowest BCUT2D eigenvalue weighted by Crippen LogP contribution is -2.72. The molecule has 2 saturated carbocycles. The van der Waals surface area contributed by atoms with E-state index in [1.165, 1.54) is 31.2 Å². The van der Waals surface area contributed by atoms with Crippen LogP contribution in [0.15, 0.2) is 24.3 Å². The van der Waals surface area contributed by atoms with Gasteiger partial charge in [0.05, 0.1) is 11.2 Å². The number of hydrogen-bond acceptors (Lipinski definition) is 4. The minimum atomic E-state index is -0.307. The monoisotopic (exact) mass is 387 g/mol. The molecule has 0 radical (unpaired) electrons. The fourth-order valence-electron chi connectivity index (χ4n) is 6.99. The van der Waals surface area contributed by atoms with Crippen molar-refractivity contribution >= 4 is 0 Å². The standard InChI is InChI=1S/C24H37NO3/c1-22(2)21-10-11-24(28-22,16-23(21,25)12-13-26)19-5-3-4-18(15-19)14-17-6-8-20(27)9-7-17/h6-9,18-19,21,26-27H,3-5,10-16,25H2,1-2H3. The first-order valence-electron chi connectivity index (χ1n) is 11.1. The number of ether oxygens (including phenoxy) is 1. The third-order valence-electron chi connectivity index (χ3n) is 8.05. The number of rotatable bonds is 5. The topological polar surface area (TPSA) is 75.7 Å². The Kier molecular flexibility index (Phi) is 5.26. The molecule has 2 aliphatic carbocycles. The van der Waals surface area contributed by atoms with Crippen LogP contribution in [-0.2, 0) is 11.2 Å². The Morgan fingerprint density at radius 1 is 1.14 bits per heavy atom. The zero-order chi connectivity index (χ0) is 20.0. The Morgan fingerprint density at radius 3 is 2.57 bits per heavy atom. The van der Waals surface area contributed by atoms with Crippen LogP contribution >= 0.6 is 0 Å². The summed E-state index contributed by atoms with van der Waals surface area (Å²) in [5.41, 5.74) is 7.59. The second-order valence-corrected chi connectivity index (χ2v) is 10.3. The van der Waals surface area contributed by atoms with Crippen LogP contribution in [0.1, 0.15) is 70.8 Å². The van der Waals surface area contributed by atoms with Gasteiger partial charge in [-0.1, -0.05) is 25.0 Å². The number of phenols is 1. The van der Waals surface area contributed by atoms with E-state index in [1.807, 2.05) is 0 Å². The third-order valence-corrected chi connectivity index (χ3v) is 8.05. The Balaban J connectivity index is 1.52. The maximum absolute atomic E-state index is 9.66. The van der Waals surface area contributed by atoms with Crippen molar-refractivity contribution < 1.29 is 14.9 Å². The first-order valence-corrected chi connectivity index (χ1v) is 11.1. The van der Waals surface area contributed by atoms with Crippen LogP contribution in [0.5, 0.6) is 5.75 Å². The SMILES string of the molecule is CC1(C)OC2(C3CCCC(Cc4ccc(O)cc4)C3)CCC1C(N)(CCO)C2. The van der Waals surface area contributed by atoms with Crippen molar-refractivity contribution in [3.63, 3.8) is 0 Å². The quantitative estimate of drug-likeness (QED) is 0.709. The summed E-state index contributed by atoms with van der Waals surface area (Å²) < 4.78 is 6.86. The number of benzene rings is 1. The van der Waals surface area contributed by atoms with Crippen LogP contribution in [0.3, 0.4) is 0 Å². The molecule has 2 heterocycles. The molecule has 2 saturated heterocycles. The van der Waals surface area contributed by atoms with Crippen molar-refractivity contribution in [2.45, 2.75) is 88.4 Å². The van der Waals surface area contributed by atoms with E-state index in [1.54, 1.807) is 12.1 Å². The highest BCUT2D eigenvalue weighted by molar-refractivity contribution is 5.26. The molecule has 1 aromatic carbocycles. The molecular formula is C24H37NO3. The molecule has 4 aliphatic rings. The smallest absolute Gasteiger partial charge is 0.115 e. The predicted molar refractivity (Wildman–Crippen MR) is 111 cm³/mol. The molecule has 2 bridgehead atoms. The molecule has 5 unspecified atom stereocenters. The van der Waals surface area contributed by atoms with Gasteiger partial charge in [0.2, 0.25) is 0 Å². The molecule has 5 rings (SSSR count). The number of aliphatic hydroxyl groups excluding tert-OH is 1. The summed E-state index contributed by atoms with van der Waals surface area (Å²) in [5, 5.41) is 19.2. The van der Waals surface area contributed by atoms with Gasteiger partial charge in [-0.05, 0) is 88.3 Å². The molecule has 0 spiro atoms. The van der Waals surface area contributed by atoms with Gasteiger partial charge in [0.25, 0.3) is 0 Å². The van der Waals surface area contributed by atoms with E-state index in [2.05, 4.69) is 26.0 Å². The van der Waals surface area contributed by atoms with Crippen LogP contribution in [0.25, 0.3) is 0 Å². The minimum Gasteiger partial charge on any atom is -0.508 e. The zero-order valence-corrected chi connectivity index (χ0v) is 17.5. The van der Waals surface area contributed by atoms with Gasteiger partial charge < -0.3 is 20.7 Å². The number of fused-ring (bicyclic) bond motifs is 3. The first-order chi connectivity index (χ1) is 13.3. The summed E-state index contributed by atoms with van der Waals surface area (Å²) in [6.45, 7) is 4.58. The lowest BCUT2D eigenvalue weighted by atomic mass is 9.53. The Hall–Kier alpha value is -1.10. The van der Waals surface area contributed by atoms with Crippen LogP contribution in [0.4, 0.5) is 0 Å². The van der Waals surface area contributed by atoms with E-state index in [-0.39, 0.29) is 23.3 Å². The van der Waals surface area contributed by atoms with Crippen LogP contribution in [0.2, 0.25) is 0 Å². The summed E-state index contributed by atoms with van der Waals surface area (Å²) in [6, 6.07) is 7.68. The maximum Gasteiger partial charge on any atom is 0.115 e. The number of hydrogen-bond donors (Lipinski definition) is 3. The second kappa shape index (κ2) is 7.30. The normalized spacial score (nSPS) is 39.8. The van der Waals surface area contributed by atoms with Gasteiger partial charge in [0.15, 0.2) is 0 Å². The summed E-state index contributed by atoms with van der Waals surface area (Å²) in [4.78, 5) is 0. The maximum atomic E-state index is 9.66. The van der Waals surface area contributed by atoms with E-state index in [0.717, 1.165) is 25.7 Å². The van der Waals surface area contributed by atoms with Gasteiger partial charge >= 0.3 is 0 Å². The van der Waals surface area contributed by atoms with Gasteiger partial charge in [0.1, 0.15) is 5.75 Å². The van der Waals surface area contributed by atoms with Crippen molar-refractivity contribution in [2.75, 3.05) is 6.61 Å². The van der Waals surface area contributed by atoms with E-state index in [9.17, 15) is 10.2 Å². The Labute approximate surface area is 169 Å². The van der Waals surface area contributed by atoms with Gasteiger partial charge in [-0.25, -0.2) is 0 Å². The highest BCUT2D eigenvalue weighted by Gasteiger charge is 2.62. The van der Waals surface area contributed by atoms with Crippen LogP contribution in [0, 0.1) is 17.8 Å². The summed E-state index contributed by atoms with van der Waals surface area (Å²) in [6.07, 6.45) is 9.80. The van der Waals surface area contributed by atoms with E-state index < -0.39 is 0 Å². The molecule has 4 fully saturated rings. The number of aliphatic hydroxyl groups is 1. The largest absolute Gasteiger partial charge is 0.508 e. The highest BCUT2D eigenvalue weighted by Crippen LogP contribution is 2.59. The highest BCUT2D eigenvalue weighted by atomic mass is 16.5. The van der Waals surface area contributed by atoms with E-state index in [0.29, 0.717) is 29.9 Å². The Bertz CT molecular complexity index is 688. The molecule has 0 aromatic heterocycles. The van der Waals surface area contributed by atoms with Gasteiger partial charge in [-0.3, -0.25) is 0 Å². The van der Waals surface area contributed by atoms with E-state index in [4.69, 9.17) is 10.5 Å². The molecule has 4 N–H and O–H groups in total. The van der Waals surface area contributed by atoms with Crippen molar-refractivity contribution in [3.8, 4) is 5.75 Å². The fraction of sp³-hybridized carbons (Fsp3) is 0.750. The number of phenolic OH excluding ortho intramolecular Hbond substituents is 1. The van der Waals surface area contributed by atoms with Gasteiger partial charge in [-0.2, -0.15) is 0 Å². The molecule has 0 amide bonds. The van der Waals surface area contributed by atoms with Crippen molar-refractivity contribution in [2.24, 2.45) is 23.5 Å². The average molecular weight is 388 g/mol. The summed E-state index contributed by atoms with van der Waals surface area (Å²) in [7, 11) is 0. The molecular weight excluding hydrogens is 350 g/mol. The minimum absolute atomic E-state index is 0.129. The molecule has 156 valence electrons. The molecule has 1 aromatic rings. The number of aromatic hydroxyl groups is 1. The van der Waals surface area contributed by atoms with Crippen LogP contribution < -0.4 is 5.73 Å². The number of nitrogens with two attached hydrogens (primary N) is 1. The lowest BCUT2D eigenvalue weighted by molar-refractivity contribution is -0.287. The van der Waals surface area contributed by atoms with Gasteiger partial charge in [-0.15, -0.1) is 0 Å². The first kappa shape index (κ1) is 20.2. The van der Waals surface area contributed by atoms with E-state index >= 15 is 0 Å². The second-order valence-electron chi connectivity index (χ2n) is 10.3. The average Bonchev–Trinajstić information content (AvgIpc) is 2.63. The third kappa shape index (κ3) is 3.59. The Morgan fingerprint density at radius 2 is 1.89 bits per heavy atom. The van der Waals surface area contributed by atoms with Gasteiger partial charge in [0, 0.05) is 18.1 Å². The predicted octanol–water partition coefficient (Wildman–Crippen LogP) is 4.17. The molecule has 4 nitrogen and oxygen atoms in total. The zero-order valence-electron chi connectivity index (χ0n) is 17.5. The lowest BCUT2D eigenvalue weighted by Gasteiger charge is -2.65. The van der Waals surface area contributed by atoms with Crippen molar-refractivity contribution in [1.82, 2.24) is 0 Å². The molecule has 4 heteroatoms.